The van der Waals surface area contributed by atoms with Gasteiger partial charge in [0.2, 0.25) is 11.8 Å². The maximum atomic E-state index is 13.0. The lowest BCUT2D eigenvalue weighted by molar-refractivity contribution is -0.145. The maximum absolute atomic E-state index is 13.0. The first-order valence-electron chi connectivity index (χ1n) is 10.3. The molecule has 26 heavy (non-hydrogen) atoms. The number of rotatable bonds is 3. The molecule has 4 atom stereocenters. The molecule has 4 unspecified atom stereocenters. The van der Waals surface area contributed by atoms with Crippen molar-refractivity contribution in [3.63, 3.8) is 0 Å². The van der Waals surface area contributed by atoms with Gasteiger partial charge in [-0.05, 0) is 44.6 Å². The fraction of sp³-hybridized carbons (Fsp3) is 0.900. The van der Waals surface area contributed by atoms with E-state index in [-0.39, 0.29) is 23.8 Å². The molecule has 0 aromatic carbocycles. The molecule has 0 N–H and O–H groups in total. The summed E-state index contributed by atoms with van der Waals surface area (Å²) in [5.41, 5.74) is 0. The van der Waals surface area contributed by atoms with Crippen molar-refractivity contribution < 1.29 is 14.3 Å². The fourth-order valence-corrected chi connectivity index (χ4v) is 4.86. The Morgan fingerprint density at radius 1 is 0.962 bits per heavy atom. The van der Waals surface area contributed by atoms with E-state index in [1.165, 1.54) is 6.42 Å². The highest BCUT2D eigenvalue weighted by Gasteiger charge is 2.36. The number of hydrogen-bond acceptors (Lipinski definition) is 4. The summed E-state index contributed by atoms with van der Waals surface area (Å²) in [6.45, 7) is 12.5. The van der Waals surface area contributed by atoms with Crippen LogP contribution in [0.25, 0.3) is 0 Å². The van der Waals surface area contributed by atoms with E-state index in [0.29, 0.717) is 44.7 Å². The lowest BCUT2D eigenvalue weighted by Crippen LogP contribution is -2.55. The maximum Gasteiger partial charge on any atom is 0.239 e. The van der Waals surface area contributed by atoms with E-state index in [9.17, 15) is 9.59 Å². The molecule has 3 heterocycles. The van der Waals surface area contributed by atoms with Gasteiger partial charge in [-0.2, -0.15) is 0 Å². The number of piperidine rings is 2. The minimum atomic E-state index is -0.132. The quantitative estimate of drug-likeness (QED) is 0.760. The summed E-state index contributed by atoms with van der Waals surface area (Å²) < 4.78 is 5.36. The van der Waals surface area contributed by atoms with Gasteiger partial charge in [-0.15, -0.1) is 0 Å². The van der Waals surface area contributed by atoms with E-state index in [2.05, 4.69) is 23.6 Å². The highest BCUT2D eigenvalue weighted by molar-refractivity contribution is 5.82. The summed E-state index contributed by atoms with van der Waals surface area (Å²) in [6, 6.07) is -0.132. The molecule has 0 aliphatic carbocycles. The van der Waals surface area contributed by atoms with Gasteiger partial charge < -0.3 is 14.5 Å². The van der Waals surface area contributed by atoms with Crippen molar-refractivity contribution in [1.82, 2.24) is 14.7 Å². The molecule has 0 aromatic heterocycles. The number of hydrogen-bond donors (Lipinski definition) is 0. The van der Waals surface area contributed by atoms with Crippen LogP contribution < -0.4 is 0 Å². The number of likely N-dealkylation sites (tertiary alicyclic amines) is 2. The molecule has 3 aliphatic rings. The third-order valence-corrected chi connectivity index (χ3v) is 6.21. The minimum Gasteiger partial charge on any atom is -0.378 e. The van der Waals surface area contributed by atoms with Crippen molar-refractivity contribution in [3.05, 3.63) is 0 Å². The van der Waals surface area contributed by atoms with Gasteiger partial charge in [0, 0.05) is 32.7 Å². The van der Waals surface area contributed by atoms with Gasteiger partial charge in [-0.1, -0.05) is 13.8 Å². The highest BCUT2D eigenvalue weighted by Crippen LogP contribution is 2.25. The van der Waals surface area contributed by atoms with Crippen molar-refractivity contribution >= 4 is 11.8 Å². The molecule has 0 spiro atoms. The van der Waals surface area contributed by atoms with Crippen LogP contribution in [0.15, 0.2) is 0 Å². The lowest BCUT2D eigenvalue weighted by Gasteiger charge is -2.41. The SMILES string of the molecule is CC1CC(C)CN(C(=O)C(C)N2CCCC(C(=O)N3CCOCC3)C2)C1. The Hall–Kier alpha value is -1.14. The average molecular weight is 366 g/mol. The third-order valence-electron chi connectivity index (χ3n) is 6.21. The van der Waals surface area contributed by atoms with E-state index in [1.54, 1.807) is 0 Å². The van der Waals surface area contributed by atoms with Crippen LogP contribution in [0.1, 0.15) is 40.0 Å². The lowest BCUT2D eigenvalue weighted by atomic mass is 9.91. The van der Waals surface area contributed by atoms with Crippen LogP contribution in [0, 0.1) is 17.8 Å². The zero-order chi connectivity index (χ0) is 18.7. The zero-order valence-corrected chi connectivity index (χ0v) is 16.7. The van der Waals surface area contributed by atoms with Gasteiger partial charge in [0.15, 0.2) is 0 Å². The molecule has 0 saturated carbocycles. The normalized spacial score (nSPS) is 32.3. The second-order valence-electron chi connectivity index (χ2n) is 8.64. The molecule has 3 saturated heterocycles. The Bertz CT molecular complexity index is 497. The van der Waals surface area contributed by atoms with Gasteiger partial charge in [-0.3, -0.25) is 14.5 Å². The van der Waals surface area contributed by atoms with E-state index >= 15 is 0 Å². The standard InChI is InChI=1S/C20H35N3O3/c1-15-11-16(2)13-23(12-15)19(24)17(3)22-6-4-5-18(14-22)20(25)21-7-9-26-10-8-21/h15-18H,4-14H2,1-3H3. The molecule has 0 radical (unpaired) electrons. The van der Waals surface area contributed by atoms with Crippen LogP contribution in [-0.4, -0.2) is 85.0 Å². The summed E-state index contributed by atoms with van der Waals surface area (Å²) in [7, 11) is 0. The van der Waals surface area contributed by atoms with Crippen LogP contribution in [0.2, 0.25) is 0 Å². The van der Waals surface area contributed by atoms with Gasteiger partial charge >= 0.3 is 0 Å². The summed E-state index contributed by atoms with van der Waals surface area (Å²) in [5, 5.41) is 0. The van der Waals surface area contributed by atoms with Crippen molar-refractivity contribution in [1.29, 1.82) is 0 Å². The van der Waals surface area contributed by atoms with Crippen LogP contribution in [0.3, 0.4) is 0 Å². The van der Waals surface area contributed by atoms with Gasteiger partial charge in [0.25, 0.3) is 0 Å². The predicted octanol–water partition coefficient (Wildman–Crippen LogP) is 1.45. The first-order chi connectivity index (χ1) is 12.5. The van der Waals surface area contributed by atoms with Gasteiger partial charge in [-0.25, -0.2) is 0 Å². The number of carbonyl (C=O) groups excluding carboxylic acids is 2. The molecule has 0 bridgehead atoms. The van der Waals surface area contributed by atoms with Gasteiger partial charge in [0.05, 0.1) is 25.2 Å². The largest absolute Gasteiger partial charge is 0.378 e. The Kier molecular flexibility index (Phi) is 6.56. The van der Waals surface area contributed by atoms with Crippen LogP contribution in [-0.2, 0) is 14.3 Å². The first-order valence-corrected chi connectivity index (χ1v) is 10.3. The van der Waals surface area contributed by atoms with Crippen molar-refractivity contribution in [2.45, 2.75) is 46.1 Å². The predicted molar refractivity (Wildman–Crippen MR) is 101 cm³/mol. The van der Waals surface area contributed by atoms with Crippen molar-refractivity contribution in [2.75, 3.05) is 52.5 Å². The topological polar surface area (TPSA) is 53.1 Å². The minimum absolute atomic E-state index is 0.0244. The van der Waals surface area contributed by atoms with Gasteiger partial charge in [0.1, 0.15) is 0 Å². The van der Waals surface area contributed by atoms with Crippen LogP contribution in [0.5, 0.6) is 0 Å². The summed E-state index contributed by atoms with van der Waals surface area (Å²) in [5.74, 6) is 1.66. The van der Waals surface area contributed by atoms with E-state index in [4.69, 9.17) is 4.74 Å². The highest BCUT2D eigenvalue weighted by atomic mass is 16.5. The Labute approximate surface area is 157 Å². The molecule has 6 nitrogen and oxygen atoms in total. The first kappa shape index (κ1) is 19.6. The van der Waals surface area contributed by atoms with Crippen LogP contribution >= 0.6 is 0 Å². The molecule has 3 rings (SSSR count). The molecular formula is C20H35N3O3. The number of carbonyl (C=O) groups is 2. The zero-order valence-electron chi connectivity index (χ0n) is 16.7. The number of nitrogens with zero attached hydrogens (tertiary/aromatic N) is 3. The Morgan fingerprint density at radius 3 is 2.27 bits per heavy atom. The molecule has 6 heteroatoms. The summed E-state index contributed by atoms with van der Waals surface area (Å²) in [4.78, 5) is 32.1. The van der Waals surface area contributed by atoms with Crippen molar-refractivity contribution in [2.24, 2.45) is 17.8 Å². The number of ether oxygens (including phenoxy) is 1. The molecule has 2 amide bonds. The monoisotopic (exact) mass is 365 g/mol. The molecular weight excluding hydrogens is 330 g/mol. The Morgan fingerprint density at radius 2 is 1.62 bits per heavy atom. The van der Waals surface area contributed by atoms with Crippen LogP contribution in [0.4, 0.5) is 0 Å². The Balaban J connectivity index is 1.57. The molecule has 3 aliphatic heterocycles. The average Bonchev–Trinajstić information content (AvgIpc) is 2.66. The molecule has 0 aromatic rings. The number of amides is 2. The third kappa shape index (κ3) is 4.58. The molecule has 148 valence electrons. The number of morpholine rings is 1. The fourth-order valence-electron chi connectivity index (χ4n) is 4.86. The second kappa shape index (κ2) is 8.70. The van der Waals surface area contributed by atoms with E-state index < -0.39 is 0 Å². The van der Waals surface area contributed by atoms with Crippen molar-refractivity contribution in [3.8, 4) is 0 Å². The summed E-state index contributed by atoms with van der Waals surface area (Å²) >= 11 is 0. The molecule has 3 fully saturated rings. The summed E-state index contributed by atoms with van der Waals surface area (Å²) in [6.07, 6.45) is 3.13. The second-order valence-corrected chi connectivity index (χ2v) is 8.64. The van der Waals surface area contributed by atoms with E-state index in [1.807, 2.05) is 11.8 Å². The van der Waals surface area contributed by atoms with E-state index in [0.717, 1.165) is 32.5 Å². The smallest absolute Gasteiger partial charge is 0.239 e.